The lowest BCUT2D eigenvalue weighted by atomic mass is 9.86. The van der Waals surface area contributed by atoms with Crippen LogP contribution in [-0.2, 0) is 17.9 Å². The van der Waals surface area contributed by atoms with Crippen LogP contribution >= 0.6 is 0 Å². The normalized spacial score (nSPS) is 19.9. The molecule has 8 heteroatoms. The molecule has 1 aliphatic carbocycles. The number of methoxy groups -OCH3 is 1. The summed E-state index contributed by atoms with van der Waals surface area (Å²) < 4.78 is 17.2. The van der Waals surface area contributed by atoms with Gasteiger partial charge in [-0.2, -0.15) is 0 Å². The van der Waals surface area contributed by atoms with Crippen molar-refractivity contribution in [2.75, 3.05) is 20.2 Å². The number of likely N-dealkylation sites (tertiary alicyclic amines) is 1. The number of hydrogen-bond donors (Lipinski definition) is 2. The fourth-order valence-electron chi connectivity index (χ4n) is 5.18. The number of carbonyl (C=O) groups is 2. The molecule has 0 radical (unpaired) electrons. The SMILES string of the molecule is CCC1CCC(OC(=O)N2CCC(NC(=O)NCc3ccc(OCc4ccccc4)c(OC)c3)CC2)CC1. The summed E-state index contributed by atoms with van der Waals surface area (Å²) in [6.07, 6.45) is 6.71. The van der Waals surface area contributed by atoms with Crippen molar-refractivity contribution in [3.05, 3.63) is 59.7 Å². The predicted octanol–water partition coefficient (Wildman–Crippen LogP) is 5.64. The van der Waals surface area contributed by atoms with Crippen molar-refractivity contribution in [3.8, 4) is 11.5 Å². The average molecular weight is 524 g/mol. The molecule has 0 spiro atoms. The lowest BCUT2D eigenvalue weighted by Crippen LogP contribution is -2.49. The lowest BCUT2D eigenvalue weighted by Gasteiger charge is -2.34. The fourth-order valence-corrected chi connectivity index (χ4v) is 5.18. The second kappa shape index (κ2) is 13.9. The van der Waals surface area contributed by atoms with Crippen LogP contribution < -0.4 is 20.1 Å². The molecule has 1 aliphatic heterocycles. The van der Waals surface area contributed by atoms with Crippen LogP contribution in [0.3, 0.4) is 0 Å². The fraction of sp³-hybridized carbons (Fsp3) is 0.533. The minimum Gasteiger partial charge on any atom is -0.493 e. The van der Waals surface area contributed by atoms with E-state index in [1.165, 1.54) is 6.42 Å². The third kappa shape index (κ3) is 8.04. The van der Waals surface area contributed by atoms with E-state index in [9.17, 15) is 9.59 Å². The maximum Gasteiger partial charge on any atom is 0.410 e. The Morgan fingerprint density at radius 3 is 2.34 bits per heavy atom. The summed E-state index contributed by atoms with van der Waals surface area (Å²) >= 11 is 0. The van der Waals surface area contributed by atoms with Gasteiger partial charge in [0.1, 0.15) is 12.7 Å². The zero-order valence-electron chi connectivity index (χ0n) is 22.6. The molecule has 0 unspecified atom stereocenters. The third-order valence-electron chi connectivity index (χ3n) is 7.65. The van der Waals surface area contributed by atoms with Crippen molar-refractivity contribution in [2.45, 2.75) is 77.2 Å². The number of piperidine rings is 1. The number of rotatable bonds is 9. The minimum atomic E-state index is -0.220. The second-order valence-corrected chi connectivity index (χ2v) is 10.3. The molecule has 2 N–H and O–H groups in total. The molecular weight excluding hydrogens is 482 g/mol. The van der Waals surface area contributed by atoms with E-state index in [4.69, 9.17) is 14.2 Å². The largest absolute Gasteiger partial charge is 0.493 e. The third-order valence-corrected chi connectivity index (χ3v) is 7.65. The van der Waals surface area contributed by atoms with Gasteiger partial charge in [0.05, 0.1) is 7.11 Å². The van der Waals surface area contributed by atoms with Gasteiger partial charge in [-0.25, -0.2) is 9.59 Å². The molecule has 38 heavy (non-hydrogen) atoms. The van der Waals surface area contributed by atoms with E-state index in [1.54, 1.807) is 12.0 Å². The highest BCUT2D eigenvalue weighted by atomic mass is 16.6. The van der Waals surface area contributed by atoms with E-state index < -0.39 is 0 Å². The standard InChI is InChI=1S/C30H41N3O5/c1-3-22-9-12-26(13-10-22)38-30(35)33-17-15-25(16-18-33)32-29(34)31-20-24-11-14-27(28(19-24)36-2)37-21-23-7-5-4-6-8-23/h4-8,11,14,19,22,25-26H,3,9-10,12-13,15-18,20-21H2,1-2H3,(H2,31,32,34). The quantitative estimate of drug-likeness (QED) is 0.444. The van der Waals surface area contributed by atoms with E-state index in [0.29, 0.717) is 50.6 Å². The Bertz CT molecular complexity index is 1030. The molecule has 3 amide bonds. The first-order valence-electron chi connectivity index (χ1n) is 13.9. The Hall–Kier alpha value is -3.42. The van der Waals surface area contributed by atoms with Crippen molar-refractivity contribution in [1.82, 2.24) is 15.5 Å². The highest BCUT2D eigenvalue weighted by Gasteiger charge is 2.28. The van der Waals surface area contributed by atoms with Gasteiger partial charge in [-0.05, 0) is 67.7 Å². The van der Waals surface area contributed by atoms with E-state index >= 15 is 0 Å². The molecule has 1 heterocycles. The lowest BCUT2D eigenvalue weighted by molar-refractivity contribution is 0.0324. The smallest absolute Gasteiger partial charge is 0.410 e. The van der Waals surface area contributed by atoms with Gasteiger partial charge in [0.2, 0.25) is 0 Å². The molecule has 2 aliphatic rings. The number of nitrogens with one attached hydrogen (secondary N) is 2. The summed E-state index contributed by atoms with van der Waals surface area (Å²) in [5.41, 5.74) is 1.99. The molecule has 4 rings (SSSR count). The monoisotopic (exact) mass is 523 g/mol. The van der Waals surface area contributed by atoms with E-state index in [2.05, 4.69) is 17.6 Å². The van der Waals surface area contributed by atoms with Crippen LogP contribution in [0, 0.1) is 5.92 Å². The Kier molecular flexibility index (Phi) is 10.1. The first-order valence-corrected chi connectivity index (χ1v) is 13.9. The van der Waals surface area contributed by atoms with E-state index in [0.717, 1.165) is 42.7 Å². The first-order chi connectivity index (χ1) is 18.5. The summed E-state index contributed by atoms with van der Waals surface area (Å²) in [5, 5.41) is 5.95. The highest BCUT2D eigenvalue weighted by Crippen LogP contribution is 2.30. The van der Waals surface area contributed by atoms with Gasteiger partial charge in [-0.15, -0.1) is 0 Å². The van der Waals surface area contributed by atoms with Gasteiger partial charge in [0, 0.05) is 25.7 Å². The summed E-state index contributed by atoms with van der Waals surface area (Å²) in [7, 11) is 1.60. The molecule has 0 aromatic heterocycles. The van der Waals surface area contributed by atoms with Crippen LogP contribution in [0.25, 0.3) is 0 Å². The summed E-state index contributed by atoms with van der Waals surface area (Å²) in [6, 6.07) is 15.4. The number of nitrogens with zero attached hydrogens (tertiary/aromatic N) is 1. The molecule has 2 fully saturated rings. The van der Waals surface area contributed by atoms with Crippen LogP contribution in [0.15, 0.2) is 48.5 Å². The molecule has 2 aromatic rings. The summed E-state index contributed by atoms with van der Waals surface area (Å²) in [6.45, 7) is 4.24. The number of amides is 3. The van der Waals surface area contributed by atoms with E-state index in [1.807, 2.05) is 48.5 Å². The topological polar surface area (TPSA) is 89.1 Å². The Morgan fingerprint density at radius 2 is 1.66 bits per heavy atom. The Labute approximate surface area is 226 Å². The molecule has 8 nitrogen and oxygen atoms in total. The Balaban J connectivity index is 1.16. The van der Waals surface area contributed by atoms with Crippen molar-refractivity contribution in [2.24, 2.45) is 5.92 Å². The molecule has 1 saturated carbocycles. The van der Waals surface area contributed by atoms with Gasteiger partial charge in [0.25, 0.3) is 0 Å². The number of urea groups is 1. The van der Waals surface area contributed by atoms with Crippen molar-refractivity contribution < 1.29 is 23.8 Å². The van der Waals surface area contributed by atoms with Crippen LogP contribution in [0.4, 0.5) is 9.59 Å². The Morgan fingerprint density at radius 1 is 0.921 bits per heavy atom. The van der Waals surface area contributed by atoms with Gasteiger partial charge >= 0.3 is 12.1 Å². The number of carbonyl (C=O) groups excluding carboxylic acids is 2. The zero-order chi connectivity index (χ0) is 26.7. The zero-order valence-corrected chi connectivity index (χ0v) is 22.6. The summed E-state index contributed by atoms with van der Waals surface area (Å²) in [5.74, 6) is 2.06. The minimum absolute atomic E-state index is 0.0299. The first kappa shape index (κ1) is 27.6. The van der Waals surface area contributed by atoms with Crippen LogP contribution in [0.1, 0.15) is 63.0 Å². The van der Waals surface area contributed by atoms with Crippen molar-refractivity contribution >= 4 is 12.1 Å². The number of benzene rings is 2. The molecule has 1 saturated heterocycles. The summed E-state index contributed by atoms with van der Waals surface area (Å²) in [4.78, 5) is 26.9. The highest BCUT2D eigenvalue weighted by molar-refractivity contribution is 5.74. The molecule has 206 valence electrons. The molecule has 2 aromatic carbocycles. The maximum absolute atomic E-state index is 12.6. The van der Waals surface area contributed by atoms with Gasteiger partial charge < -0.3 is 29.7 Å². The number of ether oxygens (including phenoxy) is 3. The van der Waals surface area contributed by atoms with E-state index in [-0.39, 0.29) is 24.3 Å². The van der Waals surface area contributed by atoms with Crippen LogP contribution in [0.2, 0.25) is 0 Å². The molecular formula is C30H41N3O5. The molecule has 0 atom stereocenters. The predicted molar refractivity (Wildman–Crippen MR) is 146 cm³/mol. The second-order valence-electron chi connectivity index (χ2n) is 10.3. The van der Waals surface area contributed by atoms with Crippen LogP contribution in [-0.4, -0.2) is 49.4 Å². The van der Waals surface area contributed by atoms with Gasteiger partial charge in [0.15, 0.2) is 11.5 Å². The number of hydrogen-bond acceptors (Lipinski definition) is 5. The molecule has 0 bridgehead atoms. The maximum atomic E-state index is 12.6. The van der Waals surface area contributed by atoms with Crippen molar-refractivity contribution in [3.63, 3.8) is 0 Å². The van der Waals surface area contributed by atoms with Crippen molar-refractivity contribution in [1.29, 1.82) is 0 Å². The van der Waals surface area contributed by atoms with Gasteiger partial charge in [-0.1, -0.05) is 49.7 Å². The van der Waals surface area contributed by atoms with Gasteiger partial charge in [-0.3, -0.25) is 0 Å². The van der Waals surface area contributed by atoms with Crippen LogP contribution in [0.5, 0.6) is 11.5 Å². The average Bonchev–Trinajstić information content (AvgIpc) is 2.96.